The number of nitrogens with one attached hydrogen (secondary N) is 1. The summed E-state index contributed by atoms with van der Waals surface area (Å²) in [5.41, 5.74) is 1.05. The minimum absolute atomic E-state index is 0.249. The van der Waals surface area contributed by atoms with Crippen molar-refractivity contribution in [3.8, 4) is 0 Å². The minimum atomic E-state index is 0.249. The van der Waals surface area contributed by atoms with Crippen LogP contribution in [0.15, 0.2) is 24.4 Å². The highest BCUT2D eigenvalue weighted by molar-refractivity contribution is 7.80. The smallest absolute Gasteiger partial charge is 0.169 e. The zero-order valence-electron chi connectivity index (χ0n) is 7.40. The maximum Gasteiger partial charge on any atom is 0.169 e. The molecule has 13 heavy (non-hydrogen) atoms. The van der Waals surface area contributed by atoms with Crippen LogP contribution in [0.5, 0.6) is 0 Å². The number of hydrogen-bond donors (Lipinski definition) is 1. The SMILES string of the molecule is CN1CC(c2ccccn2)NC1=S. The van der Waals surface area contributed by atoms with Crippen molar-refractivity contribution in [1.29, 1.82) is 0 Å². The Balaban J connectivity index is 2.17. The van der Waals surface area contributed by atoms with E-state index in [4.69, 9.17) is 12.2 Å². The molecule has 4 heteroatoms. The Morgan fingerprint density at radius 3 is 3.00 bits per heavy atom. The molecule has 0 aromatic carbocycles. The van der Waals surface area contributed by atoms with Gasteiger partial charge in [0.25, 0.3) is 0 Å². The van der Waals surface area contributed by atoms with Gasteiger partial charge >= 0.3 is 0 Å². The molecule has 0 saturated carbocycles. The Morgan fingerprint density at radius 2 is 2.46 bits per heavy atom. The highest BCUT2D eigenvalue weighted by Gasteiger charge is 2.24. The van der Waals surface area contributed by atoms with Crippen LogP contribution in [0.1, 0.15) is 11.7 Å². The summed E-state index contributed by atoms with van der Waals surface area (Å²) in [5.74, 6) is 0. The minimum Gasteiger partial charge on any atom is -0.352 e. The van der Waals surface area contributed by atoms with Crippen molar-refractivity contribution < 1.29 is 0 Å². The van der Waals surface area contributed by atoms with Gasteiger partial charge in [0.05, 0.1) is 11.7 Å². The maximum atomic E-state index is 5.11. The van der Waals surface area contributed by atoms with Gasteiger partial charge in [0.2, 0.25) is 0 Å². The second kappa shape index (κ2) is 3.30. The van der Waals surface area contributed by atoms with E-state index in [2.05, 4.69) is 10.3 Å². The zero-order chi connectivity index (χ0) is 9.26. The van der Waals surface area contributed by atoms with Gasteiger partial charge < -0.3 is 10.2 Å². The molecule has 1 fully saturated rings. The number of thiocarbonyl (C=S) groups is 1. The van der Waals surface area contributed by atoms with E-state index in [9.17, 15) is 0 Å². The number of likely N-dealkylation sites (N-methyl/N-ethyl adjacent to an activating group) is 1. The predicted molar refractivity (Wildman–Crippen MR) is 55.3 cm³/mol. The quantitative estimate of drug-likeness (QED) is 0.672. The third-order valence-corrected chi connectivity index (χ3v) is 2.58. The van der Waals surface area contributed by atoms with Gasteiger partial charge in [-0.05, 0) is 24.4 Å². The third-order valence-electron chi connectivity index (χ3n) is 2.15. The lowest BCUT2D eigenvalue weighted by molar-refractivity contribution is 0.513. The van der Waals surface area contributed by atoms with E-state index in [0.717, 1.165) is 17.4 Å². The number of aromatic nitrogens is 1. The molecule has 2 heterocycles. The first-order valence-corrected chi connectivity index (χ1v) is 4.61. The molecule has 1 aliphatic rings. The number of pyridine rings is 1. The number of hydrogen-bond acceptors (Lipinski definition) is 2. The molecule has 1 aliphatic heterocycles. The molecule has 0 aliphatic carbocycles. The molecular formula is C9H11N3S. The summed E-state index contributed by atoms with van der Waals surface area (Å²) in [6, 6.07) is 6.17. The Morgan fingerprint density at radius 1 is 1.62 bits per heavy atom. The summed E-state index contributed by atoms with van der Waals surface area (Å²) >= 11 is 5.11. The van der Waals surface area contributed by atoms with Crippen LogP contribution >= 0.6 is 12.2 Å². The Hall–Kier alpha value is -1.16. The summed E-state index contributed by atoms with van der Waals surface area (Å²) in [7, 11) is 1.98. The van der Waals surface area contributed by atoms with Gasteiger partial charge in [0, 0.05) is 19.8 Å². The molecule has 1 saturated heterocycles. The molecule has 1 aromatic heterocycles. The summed E-state index contributed by atoms with van der Waals surface area (Å²) in [6.45, 7) is 0.899. The van der Waals surface area contributed by atoms with Crippen LogP contribution in [-0.2, 0) is 0 Å². The first-order chi connectivity index (χ1) is 6.27. The van der Waals surface area contributed by atoms with E-state index in [1.807, 2.05) is 30.1 Å². The van der Waals surface area contributed by atoms with Crippen LogP contribution in [0, 0.1) is 0 Å². The first-order valence-electron chi connectivity index (χ1n) is 4.20. The second-order valence-electron chi connectivity index (χ2n) is 3.14. The molecular weight excluding hydrogens is 182 g/mol. The molecule has 1 N–H and O–H groups in total. The Bertz CT molecular complexity index is 312. The first kappa shape index (κ1) is 8.44. The fraction of sp³-hybridized carbons (Fsp3) is 0.333. The molecule has 0 radical (unpaired) electrons. The molecule has 2 rings (SSSR count). The third kappa shape index (κ3) is 1.62. The van der Waals surface area contributed by atoms with Gasteiger partial charge in [-0.15, -0.1) is 0 Å². The summed E-state index contributed by atoms with van der Waals surface area (Å²) in [5, 5.41) is 4.02. The number of nitrogens with zero attached hydrogens (tertiary/aromatic N) is 2. The second-order valence-corrected chi connectivity index (χ2v) is 3.52. The lowest BCUT2D eigenvalue weighted by Crippen LogP contribution is -2.23. The molecule has 1 unspecified atom stereocenters. The maximum absolute atomic E-state index is 5.11. The lowest BCUT2D eigenvalue weighted by Gasteiger charge is -2.08. The predicted octanol–water partition coefficient (Wildman–Crippen LogP) is 0.943. The van der Waals surface area contributed by atoms with Crippen molar-refractivity contribution >= 4 is 17.3 Å². The van der Waals surface area contributed by atoms with Crippen molar-refractivity contribution in [3.63, 3.8) is 0 Å². The molecule has 0 bridgehead atoms. The normalized spacial score (nSPS) is 21.8. The summed E-state index contributed by atoms with van der Waals surface area (Å²) in [6.07, 6.45) is 1.80. The average molecular weight is 193 g/mol. The monoisotopic (exact) mass is 193 g/mol. The molecule has 3 nitrogen and oxygen atoms in total. The van der Waals surface area contributed by atoms with Gasteiger partial charge in [-0.1, -0.05) is 6.07 Å². The van der Waals surface area contributed by atoms with E-state index in [1.165, 1.54) is 0 Å². The van der Waals surface area contributed by atoms with Gasteiger partial charge in [-0.3, -0.25) is 4.98 Å². The van der Waals surface area contributed by atoms with Crippen molar-refractivity contribution in [1.82, 2.24) is 15.2 Å². The highest BCUT2D eigenvalue weighted by Crippen LogP contribution is 2.16. The largest absolute Gasteiger partial charge is 0.352 e. The van der Waals surface area contributed by atoms with Crippen LogP contribution in [0.3, 0.4) is 0 Å². The van der Waals surface area contributed by atoms with Crippen LogP contribution in [-0.4, -0.2) is 28.6 Å². The van der Waals surface area contributed by atoms with Crippen LogP contribution in [0.4, 0.5) is 0 Å². The standard InChI is InChI=1S/C9H11N3S/c1-12-6-8(11-9(12)13)7-4-2-3-5-10-7/h2-5,8H,6H2,1H3,(H,11,13). The highest BCUT2D eigenvalue weighted by atomic mass is 32.1. The van der Waals surface area contributed by atoms with E-state index < -0.39 is 0 Å². The molecule has 1 atom stereocenters. The Labute approximate surface area is 82.8 Å². The van der Waals surface area contributed by atoms with Crippen LogP contribution in [0.25, 0.3) is 0 Å². The van der Waals surface area contributed by atoms with Crippen molar-refractivity contribution in [2.24, 2.45) is 0 Å². The fourth-order valence-electron chi connectivity index (χ4n) is 1.41. The molecule has 1 aromatic rings. The van der Waals surface area contributed by atoms with E-state index in [0.29, 0.717) is 0 Å². The summed E-state index contributed by atoms with van der Waals surface area (Å²) < 4.78 is 0. The van der Waals surface area contributed by atoms with Crippen molar-refractivity contribution in [2.75, 3.05) is 13.6 Å². The van der Waals surface area contributed by atoms with Crippen LogP contribution < -0.4 is 5.32 Å². The van der Waals surface area contributed by atoms with Crippen LogP contribution in [0.2, 0.25) is 0 Å². The molecule has 68 valence electrons. The lowest BCUT2D eigenvalue weighted by atomic mass is 10.2. The number of rotatable bonds is 1. The van der Waals surface area contributed by atoms with Crippen molar-refractivity contribution in [3.05, 3.63) is 30.1 Å². The zero-order valence-corrected chi connectivity index (χ0v) is 8.21. The Kier molecular flexibility index (Phi) is 2.14. The van der Waals surface area contributed by atoms with E-state index in [-0.39, 0.29) is 6.04 Å². The molecule has 0 spiro atoms. The van der Waals surface area contributed by atoms with E-state index in [1.54, 1.807) is 6.20 Å². The topological polar surface area (TPSA) is 28.2 Å². The van der Waals surface area contributed by atoms with E-state index >= 15 is 0 Å². The fourth-order valence-corrected chi connectivity index (χ4v) is 1.63. The average Bonchev–Trinajstić information content (AvgIpc) is 2.49. The van der Waals surface area contributed by atoms with Gasteiger partial charge in [-0.25, -0.2) is 0 Å². The summed E-state index contributed by atoms with van der Waals surface area (Å²) in [4.78, 5) is 6.30. The van der Waals surface area contributed by atoms with Gasteiger partial charge in [0.1, 0.15) is 0 Å². The van der Waals surface area contributed by atoms with Gasteiger partial charge in [-0.2, -0.15) is 0 Å². The van der Waals surface area contributed by atoms with Crippen molar-refractivity contribution in [2.45, 2.75) is 6.04 Å². The van der Waals surface area contributed by atoms with Gasteiger partial charge in [0.15, 0.2) is 5.11 Å². The molecule has 0 amide bonds.